The summed E-state index contributed by atoms with van der Waals surface area (Å²) >= 11 is -0.556. The van der Waals surface area contributed by atoms with Gasteiger partial charge in [0.25, 0.3) is 0 Å². The van der Waals surface area contributed by atoms with E-state index in [-0.39, 0.29) is 7.92 Å². The quantitative estimate of drug-likeness (QED) is 0.118. The molecular formula is C31H33Cl2PTi-2. The Labute approximate surface area is 228 Å². The van der Waals surface area contributed by atoms with Crippen molar-refractivity contribution >= 4 is 53.4 Å². The van der Waals surface area contributed by atoms with Crippen LogP contribution in [-0.2, 0) is 17.0 Å². The summed E-state index contributed by atoms with van der Waals surface area (Å²) < 4.78 is 0. The van der Waals surface area contributed by atoms with Gasteiger partial charge >= 0.3 is 35.6 Å². The van der Waals surface area contributed by atoms with Gasteiger partial charge in [-0.2, -0.15) is 12.1 Å². The van der Waals surface area contributed by atoms with Crippen LogP contribution in [0.4, 0.5) is 0 Å². The van der Waals surface area contributed by atoms with Crippen LogP contribution in [0.3, 0.4) is 0 Å². The van der Waals surface area contributed by atoms with E-state index in [9.17, 15) is 0 Å². The molecule has 0 N–H and O–H groups in total. The molecule has 5 aromatic rings. The Kier molecular flexibility index (Phi) is 11.1. The van der Waals surface area contributed by atoms with E-state index in [1.54, 1.807) is 5.30 Å². The van der Waals surface area contributed by atoms with Crippen molar-refractivity contribution in [2.45, 2.75) is 45.9 Å². The molecule has 0 fully saturated rings. The maximum absolute atomic E-state index is 4.89. The van der Waals surface area contributed by atoms with Crippen LogP contribution in [0, 0.1) is 6.92 Å². The molecule has 0 aliphatic rings. The van der Waals surface area contributed by atoms with Crippen LogP contribution >= 0.6 is 26.5 Å². The van der Waals surface area contributed by atoms with Crippen LogP contribution in [-0.4, -0.2) is 11.3 Å². The molecule has 5 rings (SSSR count). The minimum absolute atomic E-state index is 0.0206. The summed E-state index contributed by atoms with van der Waals surface area (Å²) in [7, 11) is 9.76. The van der Waals surface area contributed by atoms with Crippen LogP contribution in [0.5, 0.6) is 0 Å². The van der Waals surface area contributed by atoms with E-state index < -0.39 is 17.0 Å². The third-order valence-electron chi connectivity index (χ3n) is 5.99. The van der Waals surface area contributed by atoms with Gasteiger partial charge in [-0.3, -0.25) is 0 Å². The van der Waals surface area contributed by atoms with E-state index >= 15 is 0 Å². The van der Waals surface area contributed by atoms with Crippen LogP contribution in [0.1, 0.15) is 33.3 Å². The summed E-state index contributed by atoms with van der Waals surface area (Å²) in [5.41, 5.74) is 5.49. The molecule has 0 saturated heterocycles. The monoisotopic (exact) mass is 554 g/mol. The summed E-state index contributed by atoms with van der Waals surface area (Å²) in [6.07, 6.45) is 0. The van der Waals surface area contributed by atoms with Crippen molar-refractivity contribution in [2.24, 2.45) is 0 Å². The van der Waals surface area contributed by atoms with E-state index in [2.05, 4.69) is 132 Å². The second-order valence-electron chi connectivity index (χ2n) is 9.22. The predicted molar refractivity (Wildman–Crippen MR) is 158 cm³/mol. The number of benzene rings is 3. The maximum atomic E-state index is 4.89. The first-order chi connectivity index (χ1) is 16.8. The molecule has 0 atom stereocenters. The van der Waals surface area contributed by atoms with Gasteiger partial charge in [-0.05, 0) is 16.9 Å². The first kappa shape index (κ1) is 28.2. The molecule has 0 amide bonds. The number of hydrogen-bond donors (Lipinski definition) is 0. The summed E-state index contributed by atoms with van der Waals surface area (Å²) in [6.45, 7) is 11.5. The second-order valence-corrected chi connectivity index (χ2v) is 15.2. The Morgan fingerprint density at radius 2 is 1.31 bits per heavy atom. The fourth-order valence-electron chi connectivity index (χ4n) is 4.73. The van der Waals surface area contributed by atoms with E-state index in [1.807, 2.05) is 0 Å². The Bertz CT molecular complexity index is 1280. The van der Waals surface area contributed by atoms with Gasteiger partial charge < -0.3 is 0 Å². The van der Waals surface area contributed by atoms with E-state index in [0.717, 1.165) is 11.3 Å². The molecule has 0 unspecified atom stereocenters. The van der Waals surface area contributed by atoms with Gasteiger partial charge in [-0.25, -0.2) is 0 Å². The molecule has 0 bridgehead atoms. The van der Waals surface area contributed by atoms with Gasteiger partial charge in [0.15, 0.2) is 0 Å². The molecule has 4 heteroatoms. The fraction of sp³-hybridized carbons (Fsp3) is 0.226. The fourth-order valence-corrected chi connectivity index (χ4v) is 7.69. The number of fused-ring (bicyclic) bond motifs is 2. The molecule has 35 heavy (non-hydrogen) atoms. The van der Waals surface area contributed by atoms with Crippen molar-refractivity contribution in [1.29, 1.82) is 0 Å². The minimum atomic E-state index is -0.556. The molecule has 0 aliphatic carbocycles. The molecule has 0 saturated carbocycles. The zero-order valence-corrected chi connectivity index (χ0v) is 25.1. The molecule has 182 valence electrons. The first-order valence-electron chi connectivity index (χ1n) is 12.0. The Morgan fingerprint density at radius 3 is 1.94 bits per heavy atom. The zero-order valence-electron chi connectivity index (χ0n) is 21.1. The summed E-state index contributed by atoms with van der Waals surface area (Å²) in [5.74, 6) is 0. The molecular weight excluding hydrogens is 522 g/mol. The van der Waals surface area contributed by atoms with Crippen LogP contribution in [0.15, 0.2) is 97.1 Å². The van der Waals surface area contributed by atoms with Crippen molar-refractivity contribution in [3.8, 4) is 11.1 Å². The van der Waals surface area contributed by atoms with Crippen LogP contribution in [0.2, 0.25) is 0 Å². The number of halogens is 2. The first-order valence-corrected chi connectivity index (χ1v) is 17.7. The van der Waals surface area contributed by atoms with Crippen molar-refractivity contribution in [3.63, 3.8) is 0 Å². The van der Waals surface area contributed by atoms with Crippen molar-refractivity contribution < 1.29 is 17.0 Å². The van der Waals surface area contributed by atoms with E-state index in [0.29, 0.717) is 0 Å². The molecule has 0 aromatic heterocycles. The zero-order chi connectivity index (χ0) is 25.4. The number of aryl methyl sites for hydroxylation is 1. The molecule has 0 heterocycles. The Balaban J connectivity index is 0.000000176. The van der Waals surface area contributed by atoms with E-state index in [4.69, 9.17) is 18.6 Å². The van der Waals surface area contributed by atoms with Crippen molar-refractivity contribution in [2.75, 3.05) is 0 Å². The van der Waals surface area contributed by atoms with Gasteiger partial charge in [0.1, 0.15) is 0 Å². The van der Waals surface area contributed by atoms with Crippen molar-refractivity contribution in [3.05, 3.63) is 103 Å². The van der Waals surface area contributed by atoms with Gasteiger partial charge in [0.2, 0.25) is 0 Å². The summed E-state index contributed by atoms with van der Waals surface area (Å²) in [5, 5.41) is 7.05. The molecule has 0 spiro atoms. The standard InChI is InChI=1S/C16H13.C15H20P.2ClH.Ti/c1-12-10-14-8-5-9-15(16(14)11-12)13-6-3-2-4-7-13;1-11(2)16(12(3)4)15-9-13-7-5-6-8-14(13)10-15;;;/h2-11H,1H3;5-12H,1-4H3;2*1H;/q2*-1;;;+2/p-2. The summed E-state index contributed by atoms with van der Waals surface area (Å²) in [4.78, 5) is 0. The van der Waals surface area contributed by atoms with Crippen molar-refractivity contribution in [1.82, 2.24) is 0 Å². The second kappa shape index (κ2) is 13.8. The van der Waals surface area contributed by atoms with Gasteiger partial charge in [-0.15, -0.1) is 74.9 Å². The van der Waals surface area contributed by atoms with E-state index in [1.165, 1.54) is 38.2 Å². The average molecular weight is 555 g/mol. The molecule has 0 radical (unpaired) electrons. The summed E-state index contributed by atoms with van der Waals surface area (Å²) in [6, 6.07) is 35.0. The molecule has 0 nitrogen and oxygen atoms in total. The predicted octanol–water partition coefficient (Wildman–Crippen LogP) is 10.4. The topological polar surface area (TPSA) is 0 Å². The van der Waals surface area contributed by atoms with Crippen LogP contribution < -0.4 is 5.30 Å². The SMILES string of the molecule is CC(C)P(c1cc2ccccc2[cH-]1)C(C)C.Cc1cc2c(-c3ccccc3)cccc2[cH-]1.[Cl][Ti][Cl]. The molecule has 0 aliphatic heterocycles. The van der Waals surface area contributed by atoms with Gasteiger partial charge in [-0.1, -0.05) is 90.6 Å². The van der Waals surface area contributed by atoms with Crippen LogP contribution in [0.25, 0.3) is 32.7 Å². The average Bonchev–Trinajstić information content (AvgIpc) is 3.42. The Morgan fingerprint density at radius 1 is 0.714 bits per heavy atom. The third-order valence-corrected chi connectivity index (χ3v) is 9.07. The number of rotatable bonds is 4. The number of hydrogen-bond acceptors (Lipinski definition) is 0. The third kappa shape index (κ3) is 7.55. The van der Waals surface area contributed by atoms with Gasteiger partial charge in [0.05, 0.1) is 0 Å². The normalized spacial score (nSPS) is 10.9. The van der Waals surface area contributed by atoms with Gasteiger partial charge in [0, 0.05) is 0 Å². The Hall–Kier alpha value is -1.40. The molecule has 5 aromatic carbocycles.